The first-order valence-electron chi connectivity index (χ1n) is 5.66. The molecule has 0 saturated heterocycles. The molecule has 0 atom stereocenters. The number of halogens is 3. The standard InChI is InChI=1S/C14H9Cl3N2/c15-14(16,17)10-6-7-11-12(8-10)19-13(18-11)9-4-2-1-3-5-9/h1-8H,(H,18,19). The predicted octanol–water partition coefficient (Wildman–Crippen LogP) is 5.06. The molecule has 2 aromatic carbocycles. The van der Waals surface area contributed by atoms with Crippen molar-refractivity contribution in [3.8, 4) is 11.4 Å². The maximum absolute atomic E-state index is 5.88. The van der Waals surface area contributed by atoms with Crippen molar-refractivity contribution in [3.63, 3.8) is 0 Å². The van der Waals surface area contributed by atoms with Gasteiger partial charge in [-0.15, -0.1) is 0 Å². The molecule has 96 valence electrons. The molecule has 0 saturated carbocycles. The van der Waals surface area contributed by atoms with Crippen molar-refractivity contribution in [3.05, 3.63) is 54.1 Å². The van der Waals surface area contributed by atoms with Gasteiger partial charge < -0.3 is 4.98 Å². The van der Waals surface area contributed by atoms with Gasteiger partial charge in [0.15, 0.2) is 0 Å². The molecule has 3 aromatic rings. The first-order valence-corrected chi connectivity index (χ1v) is 6.80. The van der Waals surface area contributed by atoms with Crippen LogP contribution >= 0.6 is 34.8 Å². The zero-order chi connectivity index (χ0) is 13.5. The van der Waals surface area contributed by atoms with E-state index in [0.717, 1.165) is 22.4 Å². The number of imidazole rings is 1. The van der Waals surface area contributed by atoms with Crippen LogP contribution in [0.4, 0.5) is 0 Å². The molecule has 2 nitrogen and oxygen atoms in total. The summed E-state index contributed by atoms with van der Waals surface area (Å²) in [5.74, 6) is 0.803. The highest BCUT2D eigenvalue weighted by molar-refractivity contribution is 6.66. The molecule has 0 fully saturated rings. The number of nitrogens with zero attached hydrogens (tertiary/aromatic N) is 1. The normalized spacial score (nSPS) is 11.9. The fraction of sp³-hybridized carbons (Fsp3) is 0.0714. The molecule has 0 amide bonds. The number of aromatic amines is 1. The zero-order valence-electron chi connectivity index (χ0n) is 9.70. The average molecular weight is 312 g/mol. The largest absolute Gasteiger partial charge is 0.338 e. The molecule has 0 aliphatic carbocycles. The Morgan fingerprint density at radius 3 is 2.37 bits per heavy atom. The van der Waals surface area contributed by atoms with E-state index in [1.165, 1.54) is 0 Å². The van der Waals surface area contributed by atoms with Crippen molar-refractivity contribution in [1.29, 1.82) is 0 Å². The van der Waals surface area contributed by atoms with Gasteiger partial charge in [0.2, 0.25) is 3.79 Å². The molecule has 1 heterocycles. The third-order valence-corrected chi connectivity index (χ3v) is 3.51. The molecule has 0 aliphatic rings. The first-order chi connectivity index (χ1) is 9.04. The van der Waals surface area contributed by atoms with Gasteiger partial charge in [0.05, 0.1) is 11.0 Å². The second-order valence-corrected chi connectivity index (χ2v) is 6.46. The minimum atomic E-state index is -1.42. The summed E-state index contributed by atoms with van der Waals surface area (Å²) in [5.41, 5.74) is 3.34. The molecular formula is C14H9Cl3N2. The van der Waals surface area contributed by atoms with Crippen molar-refractivity contribution in [2.45, 2.75) is 3.79 Å². The number of nitrogens with one attached hydrogen (secondary N) is 1. The van der Waals surface area contributed by atoms with Crippen molar-refractivity contribution < 1.29 is 0 Å². The number of rotatable bonds is 1. The van der Waals surface area contributed by atoms with Crippen LogP contribution in [0.3, 0.4) is 0 Å². The van der Waals surface area contributed by atoms with Crippen molar-refractivity contribution in [2.24, 2.45) is 0 Å². The van der Waals surface area contributed by atoms with Crippen molar-refractivity contribution in [2.75, 3.05) is 0 Å². The van der Waals surface area contributed by atoms with Crippen LogP contribution in [0.1, 0.15) is 5.56 Å². The van der Waals surface area contributed by atoms with Crippen LogP contribution in [0.5, 0.6) is 0 Å². The molecule has 3 rings (SSSR count). The van der Waals surface area contributed by atoms with E-state index in [2.05, 4.69) is 9.97 Å². The van der Waals surface area contributed by atoms with Gasteiger partial charge in [-0.2, -0.15) is 0 Å². The van der Waals surface area contributed by atoms with E-state index < -0.39 is 3.79 Å². The Labute approximate surface area is 125 Å². The number of aromatic nitrogens is 2. The smallest absolute Gasteiger partial charge is 0.216 e. The van der Waals surface area contributed by atoms with Crippen LogP contribution in [0.2, 0.25) is 0 Å². The highest BCUT2D eigenvalue weighted by atomic mass is 35.6. The van der Waals surface area contributed by atoms with Crippen LogP contribution in [0, 0.1) is 0 Å². The molecule has 0 radical (unpaired) electrons. The Kier molecular flexibility index (Phi) is 3.17. The summed E-state index contributed by atoms with van der Waals surface area (Å²) >= 11 is 17.6. The van der Waals surface area contributed by atoms with Crippen molar-refractivity contribution >= 4 is 45.8 Å². The van der Waals surface area contributed by atoms with Crippen LogP contribution < -0.4 is 0 Å². The summed E-state index contributed by atoms with van der Waals surface area (Å²) in [7, 11) is 0. The van der Waals surface area contributed by atoms with E-state index in [1.54, 1.807) is 6.07 Å². The van der Waals surface area contributed by atoms with Crippen molar-refractivity contribution in [1.82, 2.24) is 9.97 Å². The monoisotopic (exact) mass is 310 g/mol. The fourth-order valence-corrected chi connectivity index (χ4v) is 2.27. The Morgan fingerprint density at radius 2 is 1.68 bits per heavy atom. The van der Waals surface area contributed by atoms with Crippen LogP contribution in [-0.4, -0.2) is 9.97 Å². The lowest BCUT2D eigenvalue weighted by atomic mass is 10.2. The number of hydrogen-bond donors (Lipinski definition) is 1. The Hall–Kier alpha value is -1.22. The maximum atomic E-state index is 5.88. The lowest BCUT2D eigenvalue weighted by molar-refractivity contribution is 1.25. The quantitative estimate of drug-likeness (QED) is 0.625. The van der Waals surface area contributed by atoms with Gasteiger partial charge >= 0.3 is 0 Å². The molecule has 5 heteroatoms. The number of fused-ring (bicyclic) bond motifs is 1. The number of benzene rings is 2. The molecule has 1 N–H and O–H groups in total. The average Bonchev–Trinajstić information content (AvgIpc) is 2.81. The zero-order valence-corrected chi connectivity index (χ0v) is 12.0. The van der Waals surface area contributed by atoms with Crippen LogP contribution in [-0.2, 0) is 3.79 Å². The number of hydrogen-bond acceptors (Lipinski definition) is 1. The van der Waals surface area contributed by atoms with E-state index in [4.69, 9.17) is 34.8 Å². The van der Waals surface area contributed by atoms with E-state index in [-0.39, 0.29) is 0 Å². The van der Waals surface area contributed by atoms with Gasteiger partial charge in [0.1, 0.15) is 5.82 Å². The lowest BCUT2D eigenvalue weighted by Crippen LogP contribution is -1.98. The SMILES string of the molecule is ClC(Cl)(Cl)c1ccc2nc(-c3ccccc3)[nH]c2c1. The second kappa shape index (κ2) is 4.71. The molecule has 1 aromatic heterocycles. The minimum Gasteiger partial charge on any atom is -0.338 e. The minimum absolute atomic E-state index is 0.619. The topological polar surface area (TPSA) is 28.7 Å². The van der Waals surface area contributed by atoms with Gasteiger partial charge in [0, 0.05) is 11.1 Å². The van der Waals surface area contributed by atoms with Gasteiger partial charge in [0.25, 0.3) is 0 Å². The highest BCUT2D eigenvalue weighted by Crippen LogP contribution is 2.39. The Morgan fingerprint density at radius 1 is 0.947 bits per heavy atom. The molecule has 0 spiro atoms. The van der Waals surface area contributed by atoms with Gasteiger partial charge in [-0.3, -0.25) is 0 Å². The van der Waals surface area contributed by atoms with Gasteiger partial charge in [-0.25, -0.2) is 4.98 Å². The summed E-state index contributed by atoms with van der Waals surface area (Å²) in [4.78, 5) is 7.76. The predicted molar refractivity (Wildman–Crippen MR) is 80.8 cm³/mol. The Bertz CT molecular complexity index is 714. The van der Waals surface area contributed by atoms with E-state index in [9.17, 15) is 0 Å². The summed E-state index contributed by atoms with van der Waals surface area (Å²) in [5, 5.41) is 0. The third-order valence-electron chi connectivity index (χ3n) is 2.86. The molecule has 0 aliphatic heterocycles. The second-order valence-electron chi connectivity index (χ2n) is 4.18. The molecular weight excluding hydrogens is 303 g/mol. The summed E-state index contributed by atoms with van der Waals surface area (Å²) < 4.78 is -1.42. The summed E-state index contributed by atoms with van der Waals surface area (Å²) in [6.45, 7) is 0. The maximum Gasteiger partial charge on any atom is 0.216 e. The van der Waals surface area contributed by atoms with Crippen LogP contribution in [0.25, 0.3) is 22.4 Å². The van der Waals surface area contributed by atoms with E-state index >= 15 is 0 Å². The van der Waals surface area contributed by atoms with E-state index in [0.29, 0.717) is 5.56 Å². The first kappa shape index (κ1) is 12.8. The lowest BCUT2D eigenvalue weighted by Gasteiger charge is -2.10. The third kappa shape index (κ3) is 2.57. The van der Waals surface area contributed by atoms with Gasteiger partial charge in [-0.1, -0.05) is 71.2 Å². The van der Waals surface area contributed by atoms with E-state index in [1.807, 2.05) is 42.5 Å². The number of H-pyrrole nitrogens is 1. The number of alkyl halides is 3. The molecule has 19 heavy (non-hydrogen) atoms. The molecule has 0 bridgehead atoms. The Balaban J connectivity index is 2.12. The molecule has 0 unspecified atom stereocenters. The fourth-order valence-electron chi connectivity index (χ4n) is 1.92. The van der Waals surface area contributed by atoms with Gasteiger partial charge in [-0.05, 0) is 12.1 Å². The van der Waals surface area contributed by atoms with Crippen LogP contribution in [0.15, 0.2) is 48.5 Å². The highest BCUT2D eigenvalue weighted by Gasteiger charge is 2.23. The summed E-state index contributed by atoms with van der Waals surface area (Å²) in [6.07, 6.45) is 0. The summed E-state index contributed by atoms with van der Waals surface area (Å²) in [6, 6.07) is 15.3.